The van der Waals surface area contributed by atoms with Crippen LogP contribution in [0, 0.1) is 0 Å². The standard InChI is InChI=1S/C18H20O/c1-17(2)13-18(14-19-17,15-9-5-3-6-10-15)16-11-7-4-8-12-16/h3-12H,13-14H2,1-2H3. The Bertz CT molecular complexity index is 503. The molecule has 0 aliphatic carbocycles. The van der Waals surface area contributed by atoms with Crippen molar-refractivity contribution in [3.05, 3.63) is 71.8 Å². The molecule has 0 radical (unpaired) electrons. The van der Waals surface area contributed by atoms with E-state index in [1.807, 2.05) is 0 Å². The van der Waals surface area contributed by atoms with E-state index in [0.717, 1.165) is 13.0 Å². The highest BCUT2D eigenvalue weighted by Crippen LogP contribution is 2.46. The van der Waals surface area contributed by atoms with E-state index in [1.165, 1.54) is 11.1 Å². The molecule has 0 unspecified atom stereocenters. The first-order chi connectivity index (χ1) is 9.12. The Morgan fingerprint density at radius 3 is 1.63 bits per heavy atom. The van der Waals surface area contributed by atoms with Crippen LogP contribution in [0.3, 0.4) is 0 Å². The monoisotopic (exact) mass is 252 g/mol. The summed E-state index contributed by atoms with van der Waals surface area (Å²) in [5, 5.41) is 0. The first-order valence-corrected chi connectivity index (χ1v) is 6.87. The predicted molar refractivity (Wildman–Crippen MR) is 78.3 cm³/mol. The third-order valence-electron chi connectivity index (χ3n) is 4.09. The lowest BCUT2D eigenvalue weighted by atomic mass is 9.71. The maximum Gasteiger partial charge on any atom is 0.0639 e. The van der Waals surface area contributed by atoms with Gasteiger partial charge >= 0.3 is 0 Å². The van der Waals surface area contributed by atoms with E-state index in [0.29, 0.717) is 0 Å². The topological polar surface area (TPSA) is 9.23 Å². The number of rotatable bonds is 2. The second-order valence-corrected chi connectivity index (χ2v) is 6.04. The Hall–Kier alpha value is -1.60. The summed E-state index contributed by atoms with van der Waals surface area (Å²) in [6, 6.07) is 21.5. The third kappa shape index (κ3) is 2.19. The summed E-state index contributed by atoms with van der Waals surface area (Å²) in [6.07, 6.45) is 1.02. The van der Waals surface area contributed by atoms with Gasteiger partial charge in [-0.3, -0.25) is 0 Å². The van der Waals surface area contributed by atoms with Crippen LogP contribution in [0.15, 0.2) is 60.7 Å². The zero-order valence-corrected chi connectivity index (χ0v) is 11.6. The van der Waals surface area contributed by atoms with Crippen LogP contribution in [0.25, 0.3) is 0 Å². The fourth-order valence-corrected chi connectivity index (χ4v) is 3.20. The van der Waals surface area contributed by atoms with Gasteiger partial charge in [0.05, 0.1) is 12.2 Å². The van der Waals surface area contributed by atoms with Crippen molar-refractivity contribution in [1.29, 1.82) is 0 Å². The summed E-state index contributed by atoms with van der Waals surface area (Å²) in [5.74, 6) is 0. The SMILES string of the molecule is CC1(C)CC(c2ccccc2)(c2ccccc2)CO1. The molecule has 0 N–H and O–H groups in total. The lowest BCUT2D eigenvalue weighted by molar-refractivity contribution is 0.0348. The third-order valence-corrected chi connectivity index (χ3v) is 4.09. The number of hydrogen-bond donors (Lipinski definition) is 0. The van der Waals surface area contributed by atoms with Crippen LogP contribution >= 0.6 is 0 Å². The van der Waals surface area contributed by atoms with Gasteiger partial charge in [0.25, 0.3) is 0 Å². The molecule has 0 amide bonds. The van der Waals surface area contributed by atoms with E-state index in [9.17, 15) is 0 Å². The van der Waals surface area contributed by atoms with Gasteiger partial charge in [-0.25, -0.2) is 0 Å². The molecule has 0 atom stereocenters. The van der Waals surface area contributed by atoms with Crippen molar-refractivity contribution in [3.63, 3.8) is 0 Å². The van der Waals surface area contributed by atoms with Crippen molar-refractivity contribution in [3.8, 4) is 0 Å². The molecule has 1 heteroatoms. The summed E-state index contributed by atoms with van der Waals surface area (Å²) in [5.41, 5.74) is 2.64. The van der Waals surface area contributed by atoms with Gasteiger partial charge in [0.15, 0.2) is 0 Å². The Labute approximate surface area is 115 Å². The average molecular weight is 252 g/mol. The van der Waals surface area contributed by atoms with E-state index in [2.05, 4.69) is 74.5 Å². The largest absolute Gasteiger partial charge is 0.374 e. The molecular formula is C18H20O. The molecule has 98 valence electrons. The fraction of sp³-hybridized carbons (Fsp3) is 0.333. The molecule has 1 heterocycles. The normalized spacial score (nSPS) is 20.3. The summed E-state index contributed by atoms with van der Waals surface area (Å²) >= 11 is 0. The average Bonchev–Trinajstić information content (AvgIpc) is 2.78. The van der Waals surface area contributed by atoms with E-state index in [4.69, 9.17) is 4.74 Å². The molecule has 0 aromatic heterocycles. The van der Waals surface area contributed by atoms with Crippen molar-refractivity contribution in [2.45, 2.75) is 31.3 Å². The zero-order chi connectivity index (χ0) is 13.3. The van der Waals surface area contributed by atoms with Crippen LogP contribution in [-0.4, -0.2) is 12.2 Å². The first-order valence-electron chi connectivity index (χ1n) is 6.87. The number of hydrogen-bond acceptors (Lipinski definition) is 1. The summed E-state index contributed by atoms with van der Waals surface area (Å²) in [6.45, 7) is 5.12. The van der Waals surface area contributed by atoms with Gasteiger partial charge < -0.3 is 4.74 Å². The smallest absolute Gasteiger partial charge is 0.0639 e. The highest BCUT2D eigenvalue weighted by atomic mass is 16.5. The lowest BCUT2D eigenvalue weighted by Crippen LogP contribution is -2.29. The number of ether oxygens (including phenoxy) is 1. The molecule has 0 spiro atoms. The second-order valence-electron chi connectivity index (χ2n) is 6.04. The van der Waals surface area contributed by atoms with Gasteiger partial charge in [-0.15, -0.1) is 0 Å². The highest BCUT2D eigenvalue weighted by Gasteiger charge is 2.46. The molecule has 1 nitrogen and oxygen atoms in total. The molecule has 1 fully saturated rings. The van der Waals surface area contributed by atoms with Crippen LogP contribution < -0.4 is 0 Å². The van der Waals surface area contributed by atoms with Crippen molar-refractivity contribution >= 4 is 0 Å². The minimum absolute atomic E-state index is 0.00792. The second kappa shape index (κ2) is 4.50. The maximum absolute atomic E-state index is 6.07. The quantitative estimate of drug-likeness (QED) is 0.779. The highest BCUT2D eigenvalue weighted by molar-refractivity contribution is 5.41. The van der Waals surface area contributed by atoms with Gasteiger partial charge in [0.1, 0.15) is 0 Å². The van der Waals surface area contributed by atoms with Crippen LogP contribution in [0.5, 0.6) is 0 Å². The summed E-state index contributed by atoms with van der Waals surface area (Å²) in [7, 11) is 0. The molecule has 1 aliphatic heterocycles. The van der Waals surface area contributed by atoms with Gasteiger partial charge in [-0.1, -0.05) is 60.7 Å². The minimum Gasteiger partial charge on any atom is -0.374 e. The zero-order valence-electron chi connectivity index (χ0n) is 11.6. The molecule has 0 bridgehead atoms. The minimum atomic E-state index is -0.0638. The molecule has 19 heavy (non-hydrogen) atoms. The molecule has 2 aromatic rings. The van der Waals surface area contributed by atoms with E-state index >= 15 is 0 Å². The van der Waals surface area contributed by atoms with E-state index in [-0.39, 0.29) is 11.0 Å². The van der Waals surface area contributed by atoms with Crippen molar-refractivity contribution in [1.82, 2.24) is 0 Å². The van der Waals surface area contributed by atoms with Gasteiger partial charge in [0.2, 0.25) is 0 Å². The molecule has 0 saturated carbocycles. The van der Waals surface area contributed by atoms with Gasteiger partial charge in [-0.2, -0.15) is 0 Å². The molecule has 3 rings (SSSR count). The first kappa shape index (κ1) is 12.4. The van der Waals surface area contributed by atoms with Crippen LogP contribution in [0.2, 0.25) is 0 Å². The van der Waals surface area contributed by atoms with Crippen molar-refractivity contribution in [2.24, 2.45) is 0 Å². The van der Waals surface area contributed by atoms with E-state index in [1.54, 1.807) is 0 Å². The predicted octanol–water partition coefficient (Wildman–Crippen LogP) is 4.17. The Balaban J connectivity index is 2.13. The lowest BCUT2D eigenvalue weighted by Gasteiger charge is -2.30. The summed E-state index contributed by atoms with van der Waals surface area (Å²) < 4.78 is 6.07. The van der Waals surface area contributed by atoms with Crippen LogP contribution in [-0.2, 0) is 10.2 Å². The molecule has 1 saturated heterocycles. The number of benzene rings is 2. The van der Waals surface area contributed by atoms with E-state index < -0.39 is 0 Å². The molecule has 1 aliphatic rings. The van der Waals surface area contributed by atoms with Crippen LogP contribution in [0.1, 0.15) is 31.4 Å². The molecule has 2 aromatic carbocycles. The van der Waals surface area contributed by atoms with Gasteiger partial charge in [0, 0.05) is 5.41 Å². The Morgan fingerprint density at radius 2 is 1.26 bits per heavy atom. The Morgan fingerprint density at radius 1 is 0.789 bits per heavy atom. The van der Waals surface area contributed by atoms with Crippen LogP contribution in [0.4, 0.5) is 0 Å². The maximum atomic E-state index is 6.07. The van der Waals surface area contributed by atoms with Crippen molar-refractivity contribution in [2.75, 3.05) is 6.61 Å². The molecular weight excluding hydrogens is 232 g/mol. The fourth-order valence-electron chi connectivity index (χ4n) is 3.20. The summed E-state index contributed by atoms with van der Waals surface area (Å²) in [4.78, 5) is 0. The van der Waals surface area contributed by atoms with Crippen molar-refractivity contribution < 1.29 is 4.74 Å². The van der Waals surface area contributed by atoms with Gasteiger partial charge in [-0.05, 0) is 31.4 Å². The Kier molecular flexibility index (Phi) is 2.94.